The van der Waals surface area contributed by atoms with Crippen LogP contribution in [0.25, 0.3) is 0 Å². The van der Waals surface area contributed by atoms with Crippen molar-refractivity contribution < 1.29 is 14.8 Å². The molecule has 1 aliphatic heterocycles. The highest BCUT2D eigenvalue weighted by Crippen LogP contribution is 2.26. The molecule has 1 N–H and O–H groups in total. The molecule has 0 aliphatic carbocycles. The van der Waals surface area contributed by atoms with Gasteiger partial charge in [-0.05, 0) is 6.92 Å². The maximum absolute atomic E-state index is 10.9. The van der Waals surface area contributed by atoms with Gasteiger partial charge in [0.25, 0.3) is 5.69 Å². The minimum Gasteiger partial charge on any atom is -0.388 e. The van der Waals surface area contributed by atoms with Gasteiger partial charge in [0, 0.05) is 51.4 Å². The molecule has 110 valence electrons. The van der Waals surface area contributed by atoms with Crippen molar-refractivity contribution in [2.45, 2.75) is 25.4 Å². The molecule has 0 spiro atoms. The number of ether oxygens (including phenoxy) is 1. The van der Waals surface area contributed by atoms with Crippen LogP contribution in [-0.2, 0) is 4.74 Å². The molecule has 1 aliphatic rings. The molecule has 7 nitrogen and oxygen atoms in total. The summed E-state index contributed by atoms with van der Waals surface area (Å²) in [5.41, 5.74) is -0.258. The number of hydrogen-bond donors (Lipinski definition) is 1. The van der Waals surface area contributed by atoms with Gasteiger partial charge >= 0.3 is 0 Å². The predicted molar refractivity (Wildman–Crippen MR) is 73.9 cm³/mol. The predicted octanol–water partition coefficient (Wildman–Crippen LogP) is 1.28. The topological polar surface area (TPSA) is 88.7 Å². The maximum Gasteiger partial charge on any atom is 0.277 e. The van der Waals surface area contributed by atoms with Crippen LogP contribution in [0.2, 0.25) is 0 Å². The average molecular weight is 281 g/mol. The van der Waals surface area contributed by atoms with E-state index in [4.69, 9.17) is 4.74 Å². The van der Waals surface area contributed by atoms with Crippen molar-refractivity contribution in [2.24, 2.45) is 0 Å². The van der Waals surface area contributed by atoms with E-state index in [1.807, 2.05) is 0 Å². The molecule has 1 aromatic heterocycles. The van der Waals surface area contributed by atoms with Crippen molar-refractivity contribution in [1.82, 2.24) is 4.98 Å². The summed E-state index contributed by atoms with van der Waals surface area (Å²) in [5, 5.41) is 21.4. The van der Waals surface area contributed by atoms with E-state index in [2.05, 4.69) is 4.98 Å². The fourth-order valence-corrected chi connectivity index (χ4v) is 2.34. The van der Waals surface area contributed by atoms with Crippen LogP contribution in [-0.4, -0.2) is 47.4 Å². The number of aromatic nitrogens is 1. The van der Waals surface area contributed by atoms with Crippen LogP contribution < -0.4 is 4.90 Å². The molecule has 0 unspecified atom stereocenters. The van der Waals surface area contributed by atoms with Crippen molar-refractivity contribution in [3.63, 3.8) is 0 Å². The monoisotopic (exact) mass is 281 g/mol. The van der Waals surface area contributed by atoms with E-state index < -0.39 is 10.5 Å². The highest BCUT2D eigenvalue weighted by Gasteiger charge is 2.31. The molecule has 1 aromatic rings. The number of nitro groups is 1. The van der Waals surface area contributed by atoms with Crippen molar-refractivity contribution >= 4 is 11.5 Å². The van der Waals surface area contributed by atoms with Gasteiger partial charge in [-0.2, -0.15) is 0 Å². The Hall–Kier alpha value is -1.73. The van der Waals surface area contributed by atoms with E-state index >= 15 is 0 Å². The summed E-state index contributed by atoms with van der Waals surface area (Å²) in [5.74, 6) is 0.488. The molecule has 2 heterocycles. The number of aliphatic hydroxyl groups is 1. The highest BCUT2D eigenvalue weighted by atomic mass is 16.6. The van der Waals surface area contributed by atoms with Crippen molar-refractivity contribution in [2.75, 3.05) is 31.7 Å². The Labute approximate surface area is 117 Å². The van der Waals surface area contributed by atoms with Crippen LogP contribution in [0.15, 0.2) is 12.3 Å². The number of likely N-dealkylation sites (N-methyl/N-ethyl adjacent to an activating group) is 1. The average Bonchev–Trinajstić information content (AvgIpc) is 2.39. The highest BCUT2D eigenvalue weighted by molar-refractivity contribution is 5.50. The number of rotatable bonds is 4. The van der Waals surface area contributed by atoms with Gasteiger partial charge < -0.3 is 14.7 Å². The lowest BCUT2D eigenvalue weighted by atomic mass is 9.94. The molecule has 1 saturated heterocycles. The van der Waals surface area contributed by atoms with Crippen molar-refractivity contribution in [3.05, 3.63) is 27.9 Å². The standard InChI is InChI=1S/C13H19N3O4/c1-10-8-14-12(7-11(10)16(18)19)15(2)9-13(17)3-5-20-6-4-13/h7-8,17H,3-6,9H2,1-2H3. The van der Waals surface area contributed by atoms with E-state index in [0.29, 0.717) is 44.0 Å². The number of hydrogen-bond acceptors (Lipinski definition) is 6. The molecule has 2 rings (SSSR count). The summed E-state index contributed by atoms with van der Waals surface area (Å²) >= 11 is 0. The van der Waals surface area contributed by atoms with Gasteiger partial charge in [0.05, 0.1) is 16.6 Å². The Morgan fingerprint density at radius 2 is 2.20 bits per heavy atom. The molecule has 0 amide bonds. The van der Waals surface area contributed by atoms with Crippen molar-refractivity contribution in [3.8, 4) is 0 Å². The second kappa shape index (κ2) is 5.72. The summed E-state index contributed by atoms with van der Waals surface area (Å²) < 4.78 is 5.24. The lowest BCUT2D eigenvalue weighted by Crippen LogP contribution is -2.46. The molecule has 7 heteroatoms. The first-order valence-corrected chi connectivity index (χ1v) is 6.54. The molecule has 1 fully saturated rings. The van der Waals surface area contributed by atoms with E-state index in [-0.39, 0.29) is 5.69 Å². The normalized spacial score (nSPS) is 17.8. The number of aryl methyl sites for hydroxylation is 1. The van der Waals surface area contributed by atoms with Gasteiger partial charge in [-0.25, -0.2) is 4.98 Å². The van der Waals surface area contributed by atoms with Crippen LogP contribution in [0.4, 0.5) is 11.5 Å². The van der Waals surface area contributed by atoms with E-state index in [1.54, 1.807) is 18.9 Å². The number of nitrogens with zero attached hydrogens (tertiary/aromatic N) is 3. The Morgan fingerprint density at radius 3 is 2.80 bits per heavy atom. The van der Waals surface area contributed by atoms with Gasteiger partial charge in [-0.3, -0.25) is 10.1 Å². The van der Waals surface area contributed by atoms with Gasteiger partial charge in [-0.1, -0.05) is 0 Å². The lowest BCUT2D eigenvalue weighted by molar-refractivity contribution is -0.385. The number of pyridine rings is 1. The molecule has 0 bridgehead atoms. The fraction of sp³-hybridized carbons (Fsp3) is 0.615. The summed E-state index contributed by atoms with van der Waals surface area (Å²) in [6.45, 7) is 3.10. The summed E-state index contributed by atoms with van der Waals surface area (Å²) in [6.07, 6.45) is 2.61. The second-order valence-electron chi connectivity index (χ2n) is 5.28. The molecule has 0 radical (unpaired) electrons. The molecule has 0 atom stereocenters. The first kappa shape index (κ1) is 14.7. The Balaban J connectivity index is 2.14. The summed E-state index contributed by atoms with van der Waals surface area (Å²) in [6, 6.07) is 1.44. The van der Waals surface area contributed by atoms with Gasteiger partial charge in [0.15, 0.2) is 0 Å². The van der Waals surface area contributed by atoms with Crippen LogP contribution >= 0.6 is 0 Å². The minimum absolute atomic E-state index is 0.0424. The molecule has 20 heavy (non-hydrogen) atoms. The van der Waals surface area contributed by atoms with Gasteiger partial charge in [0.2, 0.25) is 0 Å². The fourth-order valence-electron chi connectivity index (χ4n) is 2.34. The van der Waals surface area contributed by atoms with Crippen molar-refractivity contribution in [1.29, 1.82) is 0 Å². The molecular weight excluding hydrogens is 262 g/mol. The Kier molecular flexibility index (Phi) is 4.20. The van der Waals surface area contributed by atoms with E-state index in [9.17, 15) is 15.2 Å². The zero-order chi connectivity index (χ0) is 14.8. The summed E-state index contributed by atoms with van der Waals surface area (Å²) in [4.78, 5) is 16.5. The minimum atomic E-state index is -0.825. The lowest BCUT2D eigenvalue weighted by Gasteiger charge is -2.35. The first-order valence-electron chi connectivity index (χ1n) is 6.54. The maximum atomic E-state index is 10.9. The smallest absolute Gasteiger partial charge is 0.277 e. The zero-order valence-electron chi connectivity index (χ0n) is 11.7. The van der Waals surface area contributed by atoms with Crippen LogP contribution in [0, 0.1) is 17.0 Å². The third-order valence-corrected chi connectivity index (χ3v) is 3.60. The van der Waals surface area contributed by atoms with E-state index in [1.165, 1.54) is 12.3 Å². The zero-order valence-corrected chi connectivity index (χ0v) is 11.7. The SMILES string of the molecule is Cc1cnc(N(C)CC2(O)CCOCC2)cc1[N+](=O)[O-]. The van der Waals surface area contributed by atoms with Crippen LogP contribution in [0.3, 0.4) is 0 Å². The first-order chi connectivity index (χ1) is 9.41. The Bertz CT molecular complexity index is 500. The Morgan fingerprint density at radius 1 is 1.55 bits per heavy atom. The van der Waals surface area contributed by atoms with Crippen LogP contribution in [0.1, 0.15) is 18.4 Å². The molecule has 0 aromatic carbocycles. The third-order valence-electron chi connectivity index (χ3n) is 3.60. The molecular formula is C13H19N3O4. The third kappa shape index (κ3) is 3.23. The molecule has 0 saturated carbocycles. The van der Waals surface area contributed by atoms with Crippen LogP contribution in [0.5, 0.6) is 0 Å². The largest absolute Gasteiger partial charge is 0.388 e. The van der Waals surface area contributed by atoms with E-state index in [0.717, 1.165) is 0 Å². The summed E-state index contributed by atoms with van der Waals surface area (Å²) in [7, 11) is 1.77. The second-order valence-corrected chi connectivity index (χ2v) is 5.28. The van der Waals surface area contributed by atoms with Gasteiger partial charge in [-0.15, -0.1) is 0 Å². The quantitative estimate of drug-likeness (QED) is 0.660. The number of anilines is 1. The van der Waals surface area contributed by atoms with Gasteiger partial charge in [0.1, 0.15) is 5.82 Å².